The molecule has 4 rings (SSSR count). The second-order valence-corrected chi connectivity index (χ2v) is 8.78. The summed E-state index contributed by atoms with van der Waals surface area (Å²) in [6, 6.07) is 10.8. The maximum absolute atomic E-state index is 12.5. The van der Waals surface area contributed by atoms with Gasteiger partial charge in [0, 0.05) is 37.1 Å². The summed E-state index contributed by atoms with van der Waals surface area (Å²) >= 11 is 5.86. The number of nitrogens with zero attached hydrogens (tertiary/aromatic N) is 3. The number of carbonyl (C=O) groups excluding carboxylic acids is 2. The van der Waals surface area contributed by atoms with Gasteiger partial charge in [0.15, 0.2) is 6.61 Å². The van der Waals surface area contributed by atoms with Gasteiger partial charge in [-0.2, -0.15) is 0 Å². The van der Waals surface area contributed by atoms with Gasteiger partial charge in [0.2, 0.25) is 5.91 Å². The highest BCUT2D eigenvalue weighted by molar-refractivity contribution is 6.30. The first-order valence-electron chi connectivity index (χ1n) is 11.3. The van der Waals surface area contributed by atoms with Crippen molar-refractivity contribution in [2.24, 2.45) is 5.92 Å². The van der Waals surface area contributed by atoms with Crippen LogP contribution >= 0.6 is 11.6 Å². The zero-order chi connectivity index (χ0) is 22.3. The van der Waals surface area contributed by atoms with Crippen LogP contribution in [0.2, 0.25) is 5.02 Å². The summed E-state index contributed by atoms with van der Waals surface area (Å²) in [5.41, 5.74) is 0.734. The van der Waals surface area contributed by atoms with Gasteiger partial charge in [-0.3, -0.25) is 9.59 Å². The van der Waals surface area contributed by atoms with E-state index in [-0.39, 0.29) is 24.3 Å². The number of hydrogen-bond acceptors (Lipinski definition) is 5. The Morgan fingerprint density at radius 1 is 1.00 bits per heavy atom. The van der Waals surface area contributed by atoms with E-state index in [0.717, 1.165) is 37.2 Å². The molecule has 0 bridgehead atoms. The first-order valence-corrected chi connectivity index (χ1v) is 11.6. The Labute approximate surface area is 193 Å². The van der Waals surface area contributed by atoms with Gasteiger partial charge < -0.3 is 19.9 Å². The molecule has 0 spiro atoms. The molecule has 7 nitrogen and oxygen atoms in total. The number of ether oxygens (including phenoxy) is 1. The molecule has 2 heterocycles. The predicted molar refractivity (Wildman–Crippen MR) is 125 cm³/mol. The van der Waals surface area contributed by atoms with Crippen molar-refractivity contribution < 1.29 is 14.3 Å². The van der Waals surface area contributed by atoms with Crippen molar-refractivity contribution >= 4 is 34.9 Å². The number of benzene rings is 1. The van der Waals surface area contributed by atoms with Crippen molar-refractivity contribution in [2.45, 2.75) is 32.1 Å². The summed E-state index contributed by atoms with van der Waals surface area (Å²) < 4.78 is 5.57. The van der Waals surface area contributed by atoms with Gasteiger partial charge in [0.25, 0.3) is 5.91 Å². The molecule has 0 radical (unpaired) electrons. The average Bonchev–Trinajstić information content (AvgIpc) is 2.84. The fourth-order valence-electron chi connectivity index (χ4n) is 4.21. The van der Waals surface area contributed by atoms with Crippen molar-refractivity contribution in [2.75, 3.05) is 43.0 Å². The van der Waals surface area contributed by atoms with Gasteiger partial charge in [-0.05, 0) is 49.2 Å². The molecule has 0 atom stereocenters. The van der Waals surface area contributed by atoms with E-state index in [4.69, 9.17) is 16.3 Å². The predicted octanol–water partition coefficient (Wildman–Crippen LogP) is 3.98. The van der Waals surface area contributed by atoms with Crippen molar-refractivity contribution in [3.05, 3.63) is 47.6 Å². The number of halogens is 1. The number of piperazine rings is 1. The molecule has 0 unspecified atom stereocenters. The minimum absolute atomic E-state index is 0.00920. The van der Waals surface area contributed by atoms with Crippen LogP contribution in [-0.2, 0) is 9.59 Å². The third-order valence-corrected chi connectivity index (χ3v) is 6.38. The number of carbonyl (C=O) groups is 2. The molecule has 2 amide bonds. The number of pyridine rings is 1. The monoisotopic (exact) mass is 456 g/mol. The average molecular weight is 457 g/mol. The molecule has 170 valence electrons. The third kappa shape index (κ3) is 5.91. The number of nitrogens with one attached hydrogen (secondary N) is 1. The number of aromatic nitrogens is 1. The summed E-state index contributed by atoms with van der Waals surface area (Å²) in [6.07, 6.45) is 7.17. The zero-order valence-corrected chi connectivity index (χ0v) is 18.9. The molecule has 1 N–H and O–H groups in total. The van der Waals surface area contributed by atoms with Crippen LogP contribution in [0.3, 0.4) is 0 Å². The van der Waals surface area contributed by atoms with Crippen molar-refractivity contribution in [1.82, 2.24) is 9.88 Å². The van der Waals surface area contributed by atoms with Crippen LogP contribution in [0.15, 0.2) is 42.6 Å². The summed E-state index contributed by atoms with van der Waals surface area (Å²) in [5.74, 6) is 1.67. The second kappa shape index (κ2) is 10.7. The summed E-state index contributed by atoms with van der Waals surface area (Å²) in [6.45, 7) is 2.64. The zero-order valence-electron chi connectivity index (χ0n) is 18.1. The van der Waals surface area contributed by atoms with Crippen LogP contribution in [0.5, 0.6) is 5.75 Å². The molecule has 1 saturated heterocycles. The summed E-state index contributed by atoms with van der Waals surface area (Å²) in [4.78, 5) is 33.4. The number of hydrogen-bond donors (Lipinski definition) is 1. The van der Waals surface area contributed by atoms with E-state index >= 15 is 0 Å². The standard InChI is InChI=1S/C24H29ClN4O3/c25-19-6-9-21(10-7-19)32-17-23(30)29-14-12-28(13-15-29)22-11-8-20(16-26-22)27-24(31)18-4-2-1-3-5-18/h6-11,16,18H,1-5,12-15,17H2,(H,27,31). The number of amides is 2. The Kier molecular flexibility index (Phi) is 7.47. The second-order valence-electron chi connectivity index (χ2n) is 8.34. The molecular formula is C24H29ClN4O3. The van der Waals surface area contributed by atoms with E-state index in [1.165, 1.54) is 6.42 Å². The topological polar surface area (TPSA) is 74.8 Å². The molecular weight excluding hydrogens is 428 g/mol. The molecule has 2 fully saturated rings. The molecule has 8 heteroatoms. The first-order chi connectivity index (χ1) is 15.6. The molecule has 2 aliphatic rings. The molecule has 1 saturated carbocycles. The smallest absolute Gasteiger partial charge is 0.260 e. The highest BCUT2D eigenvalue weighted by Gasteiger charge is 2.23. The highest BCUT2D eigenvalue weighted by Crippen LogP contribution is 2.25. The van der Waals surface area contributed by atoms with Crippen molar-refractivity contribution in [3.63, 3.8) is 0 Å². The maximum atomic E-state index is 12.5. The fourth-order valence-corrected chi connectivity index (χ4v) is 4.33. The molecule has 1 aliphatic carbocycles. The van der Waals surface area contributed by atoms with E-state index in [1.54, 1.807) is 30.5 Å². The summed E-state index contributed by atoms with van der Waals surface area (Å²) in [7, 11) is 0. The Balaban J connectivity index is 1.22. The normalized spacial score (nSPS) is 17.2. The molecule has 2 aromatic rings. The van der Waals surface area contributed by atoms with Crippen molar-refractivity contribution in [3.8, 4) is 5.75 Å². The molecule has 1 aromatic carbocycles. The van der Waals surface area contributed by atoms with Gasteiger partial charge in [-0.1, -0.05) is 30.9 Å². The van der Waals surface area contributed by atoms with Gasteiger partial charge in [0.05, 0.1) is 11.9 Å². The van der Waals surface area contributed by atoms with Gasteiger partial charge in [-0.15, -0.1) is 0 Å². The van der Waals surface area contributed by atoms with Crippen LogP contribution < -0.4 is 15.0 Å². The highest BCUT2D eigenvalue weighted by atomic mass is 35.5. The lowest BCUT2D eigenvalue weighted by Gasteiger charge is -2.35. The lowest BCUT2D eigenvalue weighted by Crippen LogP contribution is -2.50. The Bertz CT molecular complexity index is 906. The lowest BCUT2D eigenvalue weighted by molar-refractivity contribution is -0.133. The van der Waals surface area contributed by atoms with Crippen molar-refractivity contribution in [1.29, 1.82) is 0 Å². The van der Waals surface area contributed by atoms with Gasteiger partial charge in [-0.25, -0.2) is 4.98 Å². The van der Waals surface area contributed by atoms with E-state index in [9.17, 15) is 9.59 Å². The largest absolute Gasteiger partial charge is 0.484 e. The van der Waals surface area contributed by atoms with Crippen LogP contribution in [0.25, 0.3) is 0 Å². The van der Waals surface area contributed by atoms with E-state index in [0.29, 0.717) is 37.0 Å². The fraction of sp³-hybridized carbons (Fsp3) is 0.458. The van der Waals surface area contributed by atoms with Gasteiger partial charge in [0.1, 0.15) is 11.6 Å². The summed E-state index contributed by atoms with van der Waals surface area (Å²) in [5, 5.41) is 3.63. The molecule has 1 aromatic heterocycles. The number of anilines is 2. The minimum atomic E-state index is -0.0340. The van der Waals surface area contributed by atoms with Crippen LogP contribution in [0, 0.1) is 5.92 Å². The molecule has 32 heavy (non-hydrogen) atoms. The minimum Gasteiger partial charge on any atom is -0.484 e. The quantitative estimate of drug-likeness (QED) is 0.711. The third-order valence-electron chi connectivity index (χ3n) is 6.12. The van der Waals surface area contributed by atoms with E-state index in [1.807, 2.05) is 17.0 Å². The lowest BCUT2D eigenvalue weighted by atomic mass is 9.88. The maximum Gasteiger partial charge on any atom is 0.260 e. The molecule has 1 aliphatic heterocycles. The SMILES string of the molecule is O=C(Nc1ccc(N2CCN(C(=O)COc3ccc(Cl)cc3)CC2)nc1)C1CCCCC1. The van der Waals surface area contributed by atoms with Crippen LogP contribution in [0.4, 0.5) is 11.5 Å². The van der Waals surface area contributed by atoms with Crippen LogP contribution in [0.1, 0.15) is 32.1 Å². The van der Waals surface area contributed by atoms with Crippen LogP contribution in [-0.4, -0.2) is 54.5 Å². The Morgan fingerprint density at radius 2 is 1.72 bits per heavy atom. The first kappa shape index (κ1) is 22.4. The Morgan fingerprint density at radius 3 is 2.38 bits per heavy atom. The van der Waals surface area contributed by atoms with E-state index < -0.39 is 0 Å². The van der Waals surface area contributed by atoms with E-state index in [2.05, 4.69) is 15.2 Å². The number of rotatable bonds is 6. The van der Waals surface area contributed by atoms with Gasteiger partial charge >= 0.3 is 0 Å². The Hall–Kier alpha value is -2.80.